The van der Waals surface area contributed by atoms with E-state index in [0.29, 0.717) is 19.5 Å². The van der Waals surface area contributed by atoms with Crippen molar-refractivity contribution in [1.82, 2.24) is 10.3 Å². The molecule has 0 radical (unpaired) electrons. The van der Waals surface area contributed by atoms with Crippen molar-refractivity contribution < 1.29 is 4.79 Å². The molecule has 5 nitrogen and oxygen atoms in total. The van der Waals surface area contributed by atoms with Crippen LogP contribution in [0.3, 0.4) is 0 Å². The van der Waals surface area contributed by atoms with Crippen LogP contribution < -0.4 is 16.0 Å². The van der Waals surface area contributed by atoms with Gasteiger partial charge in [0, 0.05) is 49.2 Å². The minimum Gasteiger partial charge on any atom is -0.397 e. The molecular formula is C14H16N4O. The minimum absolute atomic E-state index is 0.103. The lowest BCUT2D eigenvalue weighted by molar-refractivity contribution is -0.120. The van der Waals surface area contributed by atoms with Crippen LogP contribution in [-0.4, -0.2) is 30.5 Å². The SMILES string of the molecule is Nc1c(N2CCNC(=O)CC2)ccc2cnccc12. The molecule has 19 heavy (non-hydrogen) atoms. The Balaban J connectivity index is 2.00. The molecule has 1 aliphatic heterocycles. The number of benzene rings is 1. The molecule has 1 aliphatic rings. The number of nitrogens with zero attached hydrogens (tertiary/aromatic N) is 2. The summed E-state index contributed by atoms with van der Waals surface area (Å²) in [5.74, 6) is 0.103. The Morgan fingerprint density at radius 1 is 1.26 bits per heavy atom. The van der Waals surface area contributed by atoms with Crippen LogP contribution in [0.25, 0.3) is 10.8 Å². The smallest absolute Gasteiger partial charge is 0.221 e. The number of anilines is 2. The number of amides is 1. The van der Waals surface area contributed by atoms with Crippen LogP contribution in [0.1, 0.15) is 6.42 Å². The van der Waals surface area contributed by atoms with Gasteiger partial charge in [0.2, 0.25) is 5.91 Å². The van der Waals surface area contributed by atoms with E-state index in [1.807, 2.05) is 24.4 Å². The van der Waals surface area contributed by atoms with E-state index in [1.54, 1.807) is 6.20 Å². The Bertz CT molecular complexity index is 626. The van der Waals surface area contributed by atoms with Gasteiger partial charge in [-0.2, -0.15) is 0 Å². The van der Waals surface area contributed by atoms with E-state index >= 15 is 0 Å². The highest BCUT2D eigenvalue weighted by Gasteiger charge is 2.16. The summed E-state index contributed by atoms with van der Waals surface area (Å²) in [4.78, 5) is 17.6. The van der Waals surface area contributed by atoms with E-state index in [2.05, 4.69) is 15.2 Å². The third-order valence-corrected chi connectivity index (χ3v) is 3.49. The number of carbonyl (C=O) groups excluding carboxylic acids is 1. The molecule has 2 aromatic rings. The summed E-state index contributed by atoms with van der Waals surface area (Å²) in [6, 6.07) is 5.96. The lowest BCUT2D eigenvalue weighted by Gasteiger charge is -2.24. The van der Waals surface area contributed by atoms with E-state index < -0.39 is 0 Å². The van der Waals surface area contributed by atoms with Crippen molar-refractivity contribution >= 4 is 28.1 Å². The van der Waals surface area contributed by atoms with Crippen molar-refractivity contribution in [3.63, 3.8) is 0 Å². The molecule has 98 valence electrons. The summed E-state index contributed by atoms with van der Waals surface area (Å²) in [7, 11) is 0. The molecule has 0 bridgehead atoms. The van der Waals surface area contributed by atoms with Gasteiger partial charge in [-0.1, -0.05) is 6.07 Å². The fourth-order valence-corrected chi connectivity index (χ4v) is 2.46. The number of nitrogens with two attached hydrogens (primary N) is 1. The standard InChI is InChI=1S/C14H16N4O/c15-14-11-3-5-16-9-10(11)1-2-12(14)18-7-4-13(19)17-6-8-18/h1-3,5,9H,4,6-8,15H2,(H,17,19). The summed E-state index contributed by atoms with van der Waals surface area (Å²) >= 11 is 0. The van der Waals surface area contributed by atoms with Crippen LogP contribution in [0.5, 0.6) is 0 Å². The van der Waals surface area contributed by atoms with Crippen molar-refractivity contribution in [3.8, 4) is 0 Å². The van der Waals surface area contributed by atoms with Crippen molar-refractivity contribution in [3.05, 3.63) is 30.6 Å². The van der Waals surface area contributed by atoms with Gasteiger partial charge in [0.25, 0.3) is 0 Å². The predicted octanol–water partition coefficient (Wildman–Crippen LogP) is 1.14. The average molecular weight is 256 g/mol. The zero-order valence-electron chi connectivity index (χ0n) is 10.6. The first-order valence-electron chi connectivity index (χ1n) is 6.39. The largest absolute Gasteiger partial charge is 0.397 e. The van der Waals surface area contributed by atoms with Gasteiger partial charge in [-0.05, 0) is 12.1 Å². The van der Waals surface area contributed by atoms with Crippen LogP contribution in [0.15, 0.2) is 30.6 Å². The molecule has 3 N–H and O–H groups in total. The summed E-state index contributed by atoms with van der Waals surface area (Å²) in [5, 5.41) is 4.91. The lowest BCUT2D eigenvalue weighted by Crippen LogP contribution is -2.28. The van der Waals surface area contributed by atoms with Gasteiger partial charge < -0.3 is 16.0 Å². The van der Waals surface area contributed by atoms with Crippen LogP contribution in [0, 0.1) is 0 Å². The monoisotopic (exact) mass is 256 g/mol. The molecule has 1 aromatic heterocycles. The summed E-state index contributed by atoms with van der Waals surface area (Å²) in [6.45, 7) is 2.14. The van der Waals surface area contributed by atoms with E-state index in [9.17, 15) is 4.79 Å². The second-order valence-corrected chi connectivity index (χ2v) is 4.68. The van der Waals surface area contributed by atoms with Crippen LogP contribution in [0.2, 0.25) is 0 Å². The maximum Gasteiger partial charge on any atom is 0.221 e. The molecule has 1 saturated heterocycles. The number of rotatable bonds is 1. The molecule has 2 heterocycles. The first-order chi connectivity index (χ1) is 9.25. The first kappa shape index (κ1) is 11.8. The molecule has 0 unspecified atom stereocenters. The number of hydrogen-bond donors (Lipinski definition) is 2. The van der Waals surface area contributed by atoms with Crippen molar-refractivity contribution in [2.45, 2.75) is 6.42 Å². The maximum absolute atomic E-state index is 11.4. The zero-order valence-corrected chi connectivity index (χ0v) is 10.6. The number of hydrogen-bond acceptors (Lipinski definition) is 4. The molecule has 0 saturated carbocycles. The van der Waals surface area contributed by atoms with Gasteiger partial charge in [0.15, 0.2) is 0 Å². The van der Waals surface area contributed by atoms with Crippen molar-refractivity contribution in [1.29, 1.82) is 0 Å². The molecule has 0 spiro atoms. The Kier molecular flexibility index (Phi) is 2.95. The van der Waals surface area contributed by atoms with E-state index in [0.717, 1.165) is 28.7 Å². The molecule has 1 aromatic carbocycles. The Morgan fingerprint density at radius 2 is 2.16 bits per heavy atom. The second-order valence-electron chi connectivity index (χ2n) is 4.68. The lowest BCUT2D eigenvalue weighted by atomic mass is 10.1. The van der Waals surface area contributed by atoms with Crippen molar-refractivity contribution in [2.75, 3.05) is 30.3 Å². The molecule has 1 amide bonds. The molecule has 0 atom stereocenters. The van der Waals surface area contributed by atoms with Gasteiger partial charge in [0.1, 0.15) is 0 Å². The number of nitrogens with one attached hydrogen (secondary N) is 1. The molecule has 3 rings (SSSR count). The van der Waals surface area contributed by atoms with Gasteiger partial charge in [-0.25, -0.2) is 0 Å². The summed E-state index contributed by atoms with van der Waals surface area (Å²) < 4.78 is 0. The zero-order chi connectivity index (χ0) is 13.2. The van der Waals surface area contributed by atoms with Gasteiger partial charge >= 0.3 is 0 Å². The second kappa shape index (κ2) is 4.76. The number of aromatic nitrogens is 1. The first-order valence-corrected chi connectivity index (χ1v) is 6.39. The number of carbonyl (C=O) groups is 1. The minimum atomic E-state index is 0.103. The highest BCUT2D eigenvalue weighted by Crippen LogP contribution is 2.31. The number of pyridine rings is 1. The molecule has 0 aliphatic carbocycles. The fourth-order valence-electron chi connectivity index (χ4n) is 2.46. The third kappa shape index (κ3) is 2.19. The van der Waals surface area contributed by atoms with Crippen LogP contribution >= 0.6 is 0 Å². The fraction of sp³-hybridized carbons (Fsp3) is 0.286. The summed E-state index contributed by atoms with van der Waals surface area (Å²) in [5.41, 5.74) is 8.01. The van der Waals surface area contributed by atoms with Gasteiger partial charge in [-0.3, -0.25) is 9.78 Å². The normalized spacial score (nSPS) is 16.2. The average Bonchev–Trinajstić information content (AvgIpc) is 2.65. The van der Waals surface area contributed by atoms with Crippen molar-refractivity contribution in [2.24, 2.45) is 0 Å². The topological polar surface area (TPSA) is 71.2 Å². The number of nitrogen functional groups attached to an aromatic ring is 1. The van der Waals surface area contributed by atoms with Gasteiger partial charge in [0.05, 0.1) is 11.4 Å². The highest BCUT2D eigenvalue weighted by atomic mass is 16.1. The predicted molar refractivity (Wildman–Crippen MR) is 76.0 cm³/mol. The molecular weight excluding hydrogens is 240 g/mol. The quantitative estimate of drug-likeness (QED) is 0.751. The Labute approximate surface area is 111 Å². The van der Waals surface area contributed by atoms with E-state index in [4.69, 9.17) is 5.73 Å². The number of fused-ring (bicyclic) bond motifs is 1. The maximum atomic E-state index is 11.4. The molecule has 5 heteroatoms. The van der Waals surface area contributed by atoms with Crippen LogP contribution in [0.4, 0.5) is 11.4 Å². The van der Waals surface area contributed by atoms with E-state index in [-0.39, 0.29) is 5.91 Å². The Hall–Kier alpha value is -2.30. The highest BCUT2D eigenvalue weighted by molar-refractivity contribution is 5.98. The van der Waals surface area contributed by atoms with Crippen LogP contribution in [-0.2, 0) is 4.79 Å². The third-order valence-electron chi connectivity index (χ3n) is 3.49. The summed E-state index contributed by atoms with van der Waals surface area (Å²) in [6.07, 6.45) is 4.06. The Morgan fingerprint density at radius 3 is 3.05 bits per heavy atom. The molecule has 1 fully saturated rings. The van der Waals surface area contributed by atoms with Gasteiger partial charge in [-0.15, -0.1) is 0 Å². The van der Waals surface area contributed by atoms with E-state index in [1.165, 1.54) is 0 Å².